The summed E-state index contributed by atoms with van der Waals surface area (Å²) in [7, 11) is 1.73. The summed E-state index contributed by atoms with van der Waals surface area (Å²) in [4.78, 5) is 25.9. The molecule has 0 aliphatic carbocycles. The van der Waals surface area contributed by atoms with E-state index < -0.39 is 5.97 Å². The molecule has 5 heteroatoms. The molecule has 0 aromatic rings. The van der Waals surface area contributed by atoms with Crippen molar-refractivity contribution >= 4 is 12.0 Å². The first-order valence-electron chi connectivity index (χ1n) is 6.13. The third-order valence-electron chi connectivity index (χ3n) is 2.49. The zero-order chi connectivity index (χ0) is 14.3. The minimum absolute atomic E-state index is 0.0545. The lowest BCUT2D eigenvalue weighted by molar-refractivity contribution is -0.137. The summed E-state index contributed by atoms with van der Waals surface area (Å²) in [5, 5.41) is 8.61. The van der Waals surface area contributed by atoms with Gasteiger partial charge in [-0.1, -0.05) is 12.2 Å². The predicted molar refractivity (Wildman–Crippen MR) is 71.6 cm³/mol. The number of nitrogens with zero attached hydrogens (tertiary/aromatic N) is 2. The van der Waals surface area contributed by atoms with Crippen LogP contribution in [0.4, 0.5) is 4.79 Å². The van der Waals surface area contributed by atoms with E-state index in [-0.39, 0.29) is 18.5 Å². The van der Waals surface area contributed by atoms with E-state index in [1.54, 1.807) is 16.8 Å². The van der Waals surface area contributed by atoms with Gasteiger partial charge in [-0.3, -0.25) is 4.79 Å². The van der Waals surface area contributed by atoms with E-state index in [0.717, 1.165) is 5.57 Å². The number of urea groups is 1. The topological polar surface area (TPSA) is 60.9 Å². The van der Waals surface area contributed by atoms with Gasteiger partial charge in [0.05, 0.1) is 0 Å². The van der Waals surface area contributed by atoms with E-state index in [2.05, 4.69) is 6.58 Å². The van der Waals surface area contributed by atoms with Crippen LogP contribution in [0.2, 0.25) is 0 Å². The number of carbonyl (C=O) groups is 2. The van der Waals surface area contributed by atoms with Crippen LogP contribution in [0.3, 0.4) is 0 Å². The fraction of sp³-hybridized carbons (Fsp3) is 0.692. The van der Waals surface area contributed by atoms with Crippen LogP contribution in [-0.2, 0) is 4.79 Å². The molecule has 0 saturated heterocycles. The van der Waals surface area contributed by atoms with Crippen molar-refractivity contribution in [3.63, 3.8) is 0 Å². The molecule has 0 aliphatic heterocycles. The predicted octanol–water partition coefficient (Wildman–Crippen LogP) is 2.19. The van der Waals surface area contributed by atoms with Crippen molar-refractivity contribution in [3.8, 4) is 0 Å². The molecule has 104 valence electrons. The largest absolute Gasteiger partial charge is 0.481 e. The zero-order valence-electron chi connectivity index (χ0n) is 11.8. The SMILES string of the molecule is C=C(C)CN(C)C(=O)N(CCCC(=O)O)C(C)C. The quantitative estimate of drug-likeness (QED) is 0.710. The van der Waals surface area contributed by atoms with Crippen molar-refractivity contribution in [2.75, 3.05) is 20.1 Å². The van der Waals surface area contributed by atoms with E-state index >= 15 is 0 Å². The Hall–Kier alpha value is -1.52. The van der Waals surface area contributed by atoms with E-state index in [4.69, 9.17) is 5.11 Å². The second kappa shape index (κ2) is 7.74. The molecule has 0 saturated carbocycles. The van der Waals surface area contributed by atoms with E-state index in [1.807, 2.05) is 20.8 Å². The maximum absolute atomic E-state index is 12.2. The van der Waals surface area contributed by atoms with Crippen molar-refractivity contribution < 1.29 is 14.7 Å². The Kier molecular flexibility index (Phi) is 7.08. The highest BCUT2D eigenvalue weighted by atomic mass is 16.4. The molecule has 0 aromatic heterocycles. The summed E-state index contributed by atoms with van der Waals surface area (Å²) in [6.45, 7) is 10.5. The number of likely N-dealkylation sites (N-methyl/N-ethyl adjacent to an activating group) is 1. The van der Waals surface area contributed by atoms with Crippen LogP contribution in [0.5, 0.6) is 0 Å². The number of hydrogen-bond donors (Lipinski definition) is 1. The minimum Gasteiger partial charge on any atom is -0.481 e. The molecule has 1 N–H and O–H groups in total. The second-order valence-electron chi connectivity index (χ2n) is 4.88. The van der Waals surface area contributed by atoms with Crippen molar-refractivity contribution in [2.24, 2.45) is 0 Å². The first-order valence-corrected chi connectivity index (χ1v) is 6.13. The van der Waals surface area contributed by atoms with E-state index in [9.17, 15) is 9.59 Å². The Morgan fingerprint density at radius 1 is 1.33 bits per heavy atom. The number of amides is 2. The number of carbonyl (C=O) groups excluding carboxylic acids is 1. The van der Waals surface area contributed by atoms with Gasteiger partial charge in [0.25, 0.3) is 0 Å². The summed E-state index contributed by atoms with van der Waals surface area (Å²) in [5.74, 6) is -0.832. The van der Waals surface area contributed by atoms with Crippen molar-refractivity contribution in [3.05, 3.63) is 12.2 Å². The van der Waals surface area contributed by atoms with Crippen molar-refractivity contribution in [2.45, 2.75) is 39.7 Å². The molecule has 5 nitrogen and oxygen atoms in total. The molecule has 0 heterocycles. The highest BCUT2D eigenvalue weighted by Crippen LogP contribution is 2.07. The van der Waals surface area contributed by atoms with E-state index in [0.29, 0.717) is 19.5 Å². The molecule has 0 aromatic carbocycles. The summed E-state index contributed by atoms with van der Waals surface area (Å²) < 4.78 is 0. The normalized spacial score (nSPS) is 10.3. The maximum Gasteiger partial charge on any atom is 0.320 e. The second-order valence-corrected chi connectivity index (χ2v) is 4.88. The number of carboxylic acid groups (broad SMARTS) is 1. The first kappa shape index (κ1) is 16.5. The number of rotatable bonds is 7. The molecular formula is C13H24N2O3. The van der Waals surface area contributed by atoms with E-state index in [1.165, 1.54) is 0 Å². The standard InChI is InChI=1S/C13H24N2O3/c1-10(2)9-14(5)13(18)15(11(3)4)8-6-7-12(16)17/h11H,1,6-9H2,2-5H3,(H,16,17). The number of aliphatic carboxylic acids is 1. The van der Waals surface area contributed by atoms with Crippen molar-refractivity contribution in [1.29, 1.82) is 0 Å². The highest BCUT2D eigenvalue weighted by Gasteiger charge is 2.20. The monoisotopic (exact) mass is 256 g/mol. The summed E-state index contributed by atoms with van der Waals surface area (Å²) >= 11 is 0. The molecule has 0 unspecified atom stereocenters. The van der Waals surface area contributed by atoms with Crippen LogP contribution in [0.1, 0.15) is 33.6 Å². The van der Waals surface area contributed by atoms with Gasteiger partial charge in [-0.05, 0) is 27.2 Å². The average molecular weight is 256 g/mol. The van der Waals surface area contributed by atoms with Crippen LogP contribution in [0, 0.1) is 0 Å². The van der Waals surface area contributed by atoms with Crippen molar-refractivity contribution in [1.82, 2.24) is 9.80 Å². The smallest absolute Gasteiger partial charge is 0.320 e. The van der Waals surface area contributed by atoms with Gasteiger partial charge in [0, 0.05) is 32.6 Å². The van der Waals surface area contributed by atoms with Gasteiger partial charge in [-0.25, -0.2) is 4.79 Å². The van der Waals surface area contributed by atoms with Gasteiger partial charge in [0.2, 0.25) is 0 Å². The van der Waals surface area contributed by atoms with Gasteiger partial charge in [-0.2, -0.15) is 0 Å². The van der Waals surface area contributed by atoms with Gasteiger partial charge in [-0.15, -0.1) is 0 Å². The maximum atomic E-state index is 12.2. The van der Waals surface area contributed by atoms with Gasteiger partial charge >= 0.3 is 12.0 Å². The molecule has 0 fully saturated rings. The highest BCUT2D eigenvalue weighted by molar-refractivity contribution is 5.74. The molecule has 2 amide bonds. The van der Waals surface area contributed by atoms with Gasteiger partial charge < -0.3 is 14.9 Å². The lowest BCUT2D eigenvalue weighted by atomic mass is 10.2. The lowest BCUT2D eigenvalue weighted by Crippen LogP contribution is -2.45. The molecule has 0 spiro atoms. The molecule has 0 rings (SSSR count). The van der Waals surface area contributed by atoms with Crippen LogP contribution in [0.15, 0.2) is 12.2 Å². The number of carboxylic acids is 1. The number of hydrogen-bond acceptors (Lipinski definition) is 2. The Labute approximate surface area is 109 Å². The summed E-state index contributed by atoms with van der Waals surface area (Å²) in [5.41, 5.74) is 0.917. The summed E-state index contributed by atoms with van der Waals surface area (Å²) in [6.07, 6.45) is 0.556. The Balaban J connectivity index is 4.44. The Morgan fingerprint density at radius 2 is 1.89 bits per heavy atom. The molecular weight excluding hydrogens is 232 g/mol. The summed E-state index contributed by atoms with van der Waals surface area (Å²) in [6, 6.07) is -0.0303. The van der Waals surface area contributed by atoms with Gasteiger partial charge in [0.1, 0.15) is 0 Å². The zero-order valence-corrected chi connectivity index (χ0v) is 11.8. The van der Waals surface area contributed by atoms with Crippen LogP contribution in [0.25, 0.3) is 0 Å². The van der Waals surface area contributed by atoms with Crippen LogP contribution >= 0.6 is 0 Å². The third kappa shape index (κ3) is 6.27. The fourth-order valence-electron chi connectivity index (χ4n) is 1.67. The third-order valence-corrected chi connectivity index (χ3v) is 2.49. The molecule has 18 heavy (non-hydrogen) atoms. The van der Waals surface area contributed by atoms with Crippen LogP contribution in [-0.4, -0.2) is 53.1 Å². The Bertz CT molecular complexity index is 313. The minimum atomic E-state index is -0.832. The molecule has 0 aliphatic rings. The first-order chi connectivity index (χ1) is 8.25. The van der Waals surface area contributed by atoms with Gasteiger partial charge in [0.15, 0.2) is 0 Å². The fourth-order valence-corrected chi connectivity index (χ4v) is 1.67. The van der Waals surface area contributed by atoms with Crippen LogP contribution < -0.4 is 0 Å². The lowest BCUT2D eigenvalue weighted by Gasteiger charge is -2.31. The molecule has 0 bridgehead atoms. The Morgan fingerprint density at radius 3 is 2.28 bits per heavy atom. The molecule has 0 atom stereocenters. The average Bonchev–Trinajstić information content (AvgIpc) is 2.21. The molecule has 0 radical (unpaired) electrons.